The van der Waals surface area contributed by atoms with E-state index in [9.17, 15) is 0 Å². The molecule has 0 fully saturated rings. The summed E-state index contributed by atoms with van der Waals surface area (Å²) in [5.41, 5.74) is 2.45. The monoisotopic (exact) mass is 161 g/mol. The second-order valence-electron chi connectivity index (χ2n) is 3.00. The number of rotatable bonds is 2. The van der Waals surface area contributed by atoms with Gasteiger partial charge in [0.05, 0.1) is 0 Å². The Balaban J connectivity index is 2.77. The van der Waals surface area contributed by atoms with Crippen molar-refractivity contribution in [1.29, 1.82) is 0 Å². The fraction of sp³-hybridized carbons (Fsp3) is 0.273. The number of allylic oxidation sites excluding steroid dienone is 6. The third-order valence-corrected chi connectivity index (χ3v) is 1.88. The lowest BCUT2D eigenvalue weighted by molar-refractivity contribution is 0.528. The van der Waals surface area contributed by atoms with Crippen molar-refractivity contribution in [2.45, 2.75) is 6.42 Å². The standard InChI is InChI=1S/C11H15N/c1-4-10-6-5-7-11(9-8-10)12(2)3/h4,6-9H,1,5H2,2-3H3. The number of nitrogens with zero attached hydrogens (tertiary/aromatic N) is 1. The van der Waals surface area contributed by atoms with Gasteiger partial charge in [-0.25, -0.2) is 0 Å². The summed E-state index contributed by atoms with van der Waals surface area (Å²) in [6, 6.07) is 0. The molecule has 1 aliphatic rings. The maximum atomic E-state index is 3.74. The molecule has 0 aliphatic heterocycles. The maximum absolute atomic E-state index is 3.74. The van der Waals surface area contributed by atoms with E-state index in [0.29, 0.717) is 0 Å². The Bertz CT molecular complexity index is 254. The molecule has 0 saturated heterocycles. The average molecular weight is 161 g/mol. The predicted molar refractivity (Wildman–Crippen MR) is 53.8 cm³/mol. The minimum Gasteiger partial charge on any atom is -0.378 e. The molecule has 0 radical (unpaired) electrons. The average Bonchev–Trinajstić information content (AvgIpc) is 2.28. The van der Waals surface area contributed by atoms with E-state index in [0.717, 1.165) is 6.42 Å². The van der Waals surface area contributed by atoms with Gasteiger partial charge in [0.15, 0.2) is 0 Å². The van der Waals surface area contributed by atoms with Gasteiger partial charge in [-0.3, -0.25) is 0 Å². The first-order valence-electron chi connectivity index (χ1n) is 4.12. The molecule has 0 spiro atoms. The van der Waals surface area contributed by atoms with Gasteiger partial charge in [-0.2, -0.15) is 0 Å². The normalized spacial score (nSPS) is 16.2. The topological polar surface area (TPSA) is 3.24 Å². The maximum Gasteiger partial charge on any atom is 0.0323 e. The molecular weight excluding hydrogens is 146 g/mol. The van der Waals surface area contributed by atoms with E-state index in [1.807, 2.05) is 6.08 Å². The van der Waals surface area contributed by atoms with Gasteiger partial charge in [0.2, 0.25) is 0 Å². The van der Waals surface area contributed by atoms with E-state index in [1.165, 1.54) is 11.3 Å². The fourth-order valence-electron chi connectivity index (χ4n) is 1.12. The van der Waals surface area contributed by atoms with Crippen LogP contribution < -0.4 is 0 Å². The Morgan fingerprint density at radius 1 is 1.33 bits per heavy atom. The van der Waals surface area contributed by atoms with E-state index in [-0.39, 0.29) is 0 Å². The van der Waals surface area contributed by atoms with E-state index in [1.54, 1.807) is 0 Å². The van der Waals surface area contributed by atoms with Crippen molar-refractivity contribution in [3.8, 4) is 0 Å². The Morgan fingerprint density at radius 3 is 2.67 bits per heavy atom. The summed E-state index contributed by atoms with van der Waals surface area (Å²) in [7, 11) is 4.10. The van der Waals surface area contributed by atoms with Gasteiger partial charge in [-0.15, -0.1) is 0 Å². The zero-order chi connectivity index (χ0) is 8.97. The van der Waals surface area contributed by atoms with Crippen LogP contribution in [0.5, 0.6) is 0 Å². The van der Waals surface area contributed by atoms with Gasteiger partial charge in [-0.1, -0.05) is 30.9 Å². The van der Waals surface area contributed by atoms with Crippen molar-refractivity contribution in [3.63, 3.8) is 0 Å². The number of hydrogen-bond acceptors (Lipinski definition) is 1. The van der Waals surface area contributed by atoms with E-state index >= 15 is 0 Å². The molecule has 64 valence electrons. The number of hydrogen-bond donors (Lipinski definition) is 0. The molecule has 0 aromatic heterocycles. The third-order valence-electron chi connectivity index (χ3n) is 1.88. The van der Waals surface area contributed by atoms with Crippen LogP contribution in [0.4, 0.5) is 0 Å². The van der Waals surface area contributed by atoms with Gasteiger partial charge in [-0.05, 0) is 18.1 Å². The molecule has 1 aliphatic carbocycles. The zero-order valence-corrected chi connectivity index (χ0v) is 7.75. The highest BCUT2D eigenvalue weighted by atomic mass is 15.1. The molecule has 0 atom stereocenters. The van der Waals surface area contributed by atoms with Crippen LogP contribution in [-0.4, -0.2) is 19.0 Å². The van der Waals surface area contributed by atoms with Crippen LogP contribution in [-0.2, 0) is 0 Å². The Kier molecular flexibility index (Phi) is 2.92. The quantitative estimate of drug-likeness (QED) is 0.601. The smallest absolute Gasteiger partial charge is 0.0323 e. The number of likely N-dealkylation sites (N-methyl/N-ethyl adjacent to an activating group) is 1. The molecule has 0 aromatic rings. The van der Waals surface area contributed by atoms with Gasteiger partial charge >= 0.3 is 0 Å². The molecule has 0 heterocycles. The first-order valence-corrected chi connectivity index (χ1v) is 4.12. The zero-order valence-electron chi connectivity index (χ0n) is 7.75. The molecule has 0 bridgehead atoms. The predicted octanol–water partition coefficient (Wildman–Crippen LogP) is 2.50. The molecule has 1 nitrogen and oxygen atoms in total. The van der Waals surface area contributed by atoms with Crippen LogP contribution in [0.3, 0.4) is 0 Å². The van der Waals surface area contributed by atoms with Crippen LogP contribution in [0.25, 0.3) is 0 Å². The van der Waals surface area contributed by atoms with Crippen LogP contribution in [0.2, 0.25) is 0 Å². The minimum absolute atomic E-state index is 0.988. The molecule has 0 N–H and O–H groups in total. The third kappa shape index (κ3) is 2.12. The summed E-state index contributed by atoms with van der Waals surface area (Å²) in [5.74, 6) is 0. The van der Waals surface area contributed by atoms with Crippen molar-refractivity contribution in [1.82, 2.24) is 4.90 Å². The highest BCUT2D eigenvalue weighted by Crippen LogP contribution is 2.12. The van der Waals surface area contributed by atoms with Crippen LogP contribution in [0.15, 0.2) is 48.2 Å². The molecule has 1 heteroatoms. The highest BCUT2D eigenvalue weighted by molar-refractivity contribution is 5.36. The Hall–Kier alpha value is -1.24. The first-order chi connectivity index (χ1) is 5.74. The summed E-state index contributed by atoms with van der Waals surface area (Å²) in [4.78, 5) is 2.11. The van der Waals surface area contributed by atoms with Crippen molar-refractivity contribution < 1.29 is 0 Å². The van der Waals surface area contributed by atoms with Gasteiger partial charge in [0.25, 0.3) is 0 Å². The van der Waals surface area contributed by atoms with Gasteiger partial charge in [0, 0.05) is 19.8 Å². The molecular formula is C11H15N. The van der Waals surface area contributed by atoms with E-state index < -0.39 is 0 Å². The summed E-state index contributed by atoms with van der Waals surface area (Å²) < 4.78 is 0. The van der Waals surface area contributed by atoms with Crippen molar-refractivity contribution in [3.05, 3.63) is 48.2 Å². The lowest BCUT2D eigenvalue weighted by Crippen LogP contribution is -2.08. The largest absolute Gasteiger partial charge is 0.378 e. The van der Waals surface area contributed by atoms with Crippen LogP contribution >= 0.6 is 0 Å². The van der Waals surface area contributed by atoms with E-state index in [2.05, 4.69) is 49.9 Å². The molecule has 0 aromatic carbocycles. The summed E-state index contributed by atoms with van der Waals surface area (Å²) in [6.45, 7) is 3.74. The Morgan fingerprint density at radius 2 is 2.08 bits per heavy atom. The van der Waals surface area contributed by atoms with Crippen molar-refractivity contribution >= 4 is 0 Å². The van der Waals surface area contributed by atoms with Gasteiger partial charge < -0.3 is 4.90 Å². The van der Waals surface area contributed by atoms with Crippen molar-refractivity contribution in [2.24, 2.45) is 0 Å². The lowest BCUT2D eigenvalue weighted by Gasteiger charge is -2.12. The molecule has 12 heavy (non-hydrogen) atoms. The first kappa shape index (κ1) is 8.85. The summed E-state index contributed by atoms with van der Waals surface area (Å²) in [6.07, 6.45) is 11.4. The van der Waals surface area contributed by atoms with Crippen LogP contribution in [0.1, 0.15) is 6.42 Å². The lowest BCUT2D eigenvalue weighted by atomic mass is 10.2. The molecule has 0 amide bonds. The molecule has 0 unspecified atom stereocenters. The highest BCUT2D eigenvalue weighted by Gasteiger charge is 1.97. The SMILES string of the molecule is C=CC1=CCC=C(N(C)C)C=C1. The second-order valence-corrected chi connectivity index (χ2v) is 3.00. The van der Waals surface area contributed by atoms with Crippen molar-refractivity contribution in [2.75, 3.05) is 14.1 Å². The Labute approximate surface area is 74.4 Å². The fourth-order valence-corrected chi connectivity index (χ4v) is 1.12. The summed E-state index contributed by atoms with van der Waals surface area (Å²) in [5, 5.41) is 0. The summed E-state index contributed by atoms with van der Waals surface area (Å²) >= 11 is 0. The van der Waals surface area contributed by atoms with E-state index in [4.69, 9.17) is 0 Å². The minimum atomic E-state index is 0.988. The molecule has 0 saturated carbocycles. The van der Waals surface area contributed by atoms with Gasteiger partial charge in [0.1, 0.15) is 0 Å². The second kappa shape index (κ2) is 3.96. The molecule has 1 rings (SSSR count). The van der Waals surface area contributed by atoms with Crippen LogP contribution in [0, 0.1) is 0 Å².